The average molecular weight is 272 g/mol. The van der Waals surface area contributed by atoms with Gasteiger partial charge in [0.25, 0.3) is 0 Å². The monoisotopic (exact) mass is 272 g/mol. The smallest absolute Gasteiger partial charge is 0.126 e. The zero-order valence-electron chi connectivity index (χ0n) is 12.1. The summed E-state index contributed by atoms with van der Waals surface area (Å²) in [7, 11) is 3.61. The van der Waals surface area contributed by atoms with Crippen molar-refractivity contribution in [3.05, 3.63) is 53.9 Å². The number of nitrogens with zero attached hydrogens (tertiary/aromatic N) is 2. The van der Waals surface area contributed by atoms with Crippen LogP contribution in [0.15, 0.2) is 42.7 Å². The summed E-state index contributed by atoms with van der Waals surface area (Å²) in [6.07, 6.45) is 3.02. The first-order valence-corrected chi connectivity index (χ1v) is 6.58. The molecule has 1 heterocycles. The lowest BCUT2D eigenvalue weighted by Gasteiger charge is -2.25. The van der Waals surface area contributed by atoms with E-state index in [-0.39, 0.29) is 0 Å². The highest BCUT2D eigenvalue weighted by molar-refractivity contribution is 5.60. The number of ether oxygens (including phenoxy) is 1. The first kappa shape index (κ1) is 14.3. The van der Waals surface area contributed by atoms with E-state index in [1.165, 1.54) is 0 Å². The molecule has 1 atom stereocenters. The Hall–Kier alpha value is -2.07. The van der Waals surface area contributed by atoms with Crippen molar-refractivity contribution in [1.82, 2.24) is 4.98 Å². The summed E-state index contributed by atoms with van der Waals surface area (Å²) in [6.45, 7) is 2.47. The Bertz CT molecular complexity index is 556. The number of aromatic nitrogens is 1. The highest BCUT2D eigenvalue weighted by atomic mass is 16.5. The van der Waals surface area contributed by atoms with Crippen LogP contribution in [0.5, 0.6) is 5.75 Å². The van der Waals surface area contributed by atoms with E-state index in [0.717, 1.165) is 23.4 Å². The molecule has 0 radical (unpaired) electrons. The molecule has 0 bridgehead atoms. The third-order valence-corrected chi connectivity index (χ3v) is 3.23. The third-order valence-electron chi connectivity index (χ3n) is 3.23. The predicted octanol–water partition coefficient (Wildman–Crippen LogP) is 2.78. The SMILES string of the molecule is COc1cccc(N(C)Cc2cccnc2)c1[C@@H](C)O. The highest BCUT2D eigenvalue weighted by Gasteiger charge is 2.16. The summed E-state index contributed by atoms with van der Waals surface area (Å²) < 4.78 is 5.35. The van der Waals surface area contributed by atoms with Gasteiger partial charge in [0.05, 0.1) is 13.2 Å². The fourth-order valence-electron chi connectivity index (χ4n) is 2.31. The summed E-state index contributed by atoms with van der Waals surface area (Å²) in [5.74, 6) is 0.704. The summed E-state index contributed by atoms with van der Waals surface area (Å²) in [6, 6.07) is 9.74. The zero-order valence-corrected chi connectivity index (χ0v) is 12.1. The number of rotatable bonds is 5. The normalized spacial score (nSPS) is 12.0. The van der Waals surface area contributed by atoms with Crippen LogP contribution in [0.3, 0.4) is 0 Å². The minimum atomic E-state index is -0.586. The molecule has 106 valence electrons. The van der Waals surface area contributed by atoms with Gasteiger partial charge in [0.1, 0.15) is 5.75 Å². The van der Waals surface area contributed by atoms with Gasteiger partial charge in [-0.05, 0) is 30.7 Å². The molecule has 1 N–H and O–H groups in total. The van der Waals surface area contributed by atoms with Gasteiger partial charge in [-0.2, -0.15) is 0 Å². The summed E-state index contributed by atoms with van der Waals surface area (Å²) in [5.41, 5.74) is 2.89. The second kappa shape index (κ2) is 6.39. The number of benzene rings is 1. The van der Waals surface area contributed by atoms with Crippen LogP contribution in [0.4, 0.5) is 5.69 Å². The Morgan fingerprint density at radius 1 is 1.30 bits per heavy atom. The number of hydrogen-bond donors (Lipinski definition) is 1. The molecule has 4 nitrogen and oxygen atoms in total. The summed E-state index contributed by atoms with van der Waals surface area (Å²) in [5, 5.41) is 10.0. The van der Waals surface area contributed by atoms with Crippen molar-refractivity contribution >= 4 is 5.69 Å². The maximum Gasteiger partial charge on any atom is 0.126 e. The molecule has 0 saturated carbocycles. The molecule has 2 rings (SSSR count). The van der Waals surface area contributed by atoms with Gasteiger partial charge < -0.3 is 14.7 Å². The molecule has 0 saturated heterocycles. The number of methoxy groups -OCH3 is 1. The van der Waals surface area contributed by atoms with E-state index in [1.54, 1.807) is 20.2 Å². The first-order chi connectivity index (χ1) is 9.63. The quantitative estimate of drug-likeness (QED) is 0.909. The molecule has 0 aliphatic heterocycles. The van der Waals surface area contributed by atoms with Crippen molar-refractivity contribution < 1.29 is 9.84 Å². The predicted molar refractivity (Wildman–Crippen MR) is 80.0 cm³/mol. The van der Waals surface area contributed by atoms with E-state index < -0.39 is 6.10 Å². The fourth-order valence-corrected chi connectivity index (χ4v) is 2.31. The van der Waals surface area contributed by atoms with Gasteiger partial charge >= 0.3 is 0 Å². The van der Waals surface area contributed by atoms with Gasteiger partial charge in [-0.1, -0.05) is 12.1 Å². The van der Waals surface area contributed by atoms with E-state index in [1.807, 2.05) is 43.6 Å². The Morgan fingerprint density at radius 2 is 2.10 bits per heavy atom. The van der Waals surface area contributed by atoms with Crippen LogP contribution < -0.4 is 9.64 Å². The maximum atomic E-state index is 10.0. The van der Waals surface area contributed by atoms with Crippen molar-refractivity contribution in [3.63, 3.8) is 0 Å². The lowest BCUT2D eigenvalue weighted by atomic mass is 10.1. The van der Waals surface area contributed by atoms with Gasteiger partial charge in [0, 0.05) is 37.2 Å². The number of hydrogen-bond acceptors (Lipinski definition) is 4. The largest absolute Gasteiger partial charge is 0.496 e. The second-order valence-electron chi connectivity index (χ2n) is 4.79. The molecule has 4 heteroatoms. The van der Waals surface area contributed by atoms with Crippen LogP contribution in [-0.4, -0.2) is 24.2 Å². The molecule has 2 aromatic rings. The van der Waals surface area contributed by atoms with Crippen LogP contribution >= 0.6 is 0 Å². The number of aliphatic hydroxyl groups excluding tert-OH is 1. The summed E-state index contributed by atoms with van der Waals surface area (Å²) >= 11 is 0. The number of anilines is 1. The zero-order chi connectivity index (χ0) is 14.5. The lowest BCUT2D eigenvalue weighted by molar-refractivity contribution is 0.194. The van der Waals surface area contributed by atoms with Crippen LogP contribution in [0.25, 0.3) is 0 Å². The number of pyridine rings is 1. The maximum absolute atomic E-state index is 10.0. The van der Waals surface area contributed by atoms with E-state index in [9.17, 15) is 5.11 Å². The van der Waals surface area contributed by atoms with E-state index in [0.29, 0.717) is 5.75 Å². The lowest BCUT2D eigenvalue weighted by Crippen LogP contribution is -2.19. The molecule has 0 aliphatic rings. The standard InChI is InChI=1S/C16H20N2O2/c1-12(19)16-14(7-4-8-15(16)20-3)18(2)11-13-6-5-9-17-10-13/h4-10,12,19H,11H2,1-3H3/t12-/m1/s1. The Balaban J connectivity index is 2.32. The van der Waals surface area contributed by atoms with E-state index in [4.69, 9.17) is 4.74 Å². The van der Waals surface area contributed by atoms with Crippen LogP contribution in [0.2, 0.25) is 0 Å². The molecule has 1 aromatic heterocycles. The van der Waals surface area contributed by atoms with Crippen molar-refractivity contribution in [2.75, 3.05) is 19.1 Å². The fraction of sp³-hybridized carbons (Fsp3) is 0.312. The van der Waals surface area contributed by atoms with E-state index in [2.05, 4.69) is 9.88 Å². The molecule has 20 heavy (non-hydrogen) atoms. The van der Waals surface area contributed by atoms with E-state index >= 15 is 0 Å². The minimum absolute atomic E-state index is 0.586. The molecule has 0 fully saturated rings. The topological polar surface area (TPSA) is 45.6 Å². The molecular weight excluding hydrogens is 252 g/mol. The highest BCUT2D eigenvalue weighted by Crippen LogP contribution is 2.34. The van der Waals surface area contributed by atoms with Gasteiger partial charge in [-0.25, -0.2) is 0 Å². The molecule has 0 unspecified atom stereocenters. The number of aliphatic hydroxyl groups is 1. The molecule has 0 spiro atoms. The molecule has 1 aromatic carbocycles. The summed E-state index contributed by atoms with van der Waals surface area (Å²) in [4.78, 5) is 6.21. The Morgan fingerprint density at radius 3 is 2.70 bits per heavy atom. The van der Waals surface area contributed by atoms with Gasteiger partial charge in [-0.15, -0.1) is 0 Å². The van der Waals surface area contributed by atoms with Crippen molar-refractivity contribution in [2.45, 2.75) is 19.6 Å². The molecule has 0 aliphatic carbocycles. The molecular formula is C16H20N2O2. The minimum Gasteiger partial charge on any atom is -0.496 e. The van der Waals surface area contributed by atoms with Crippen LogP contribution in [0.1, 0.15) is 24.2 Å². The second-order valence-corrected chi connectivity index (χ2v) is 4.79. The van der Waals surface area contributed by atoms with Crippen molar-refractivity contribution in [1.29, 1.82) is 0 Å². The van der Waals surface area contributed by atoms with Crippen molar-refractivity contribution in [3.8, 4) is 5.75 Å². The van der Waals surface area contributed by atoms with Gasteiger partial charge in [-0.3, -0.25) is 4.98 Å². The first-order valence-electron chi connectivity index (χ1n) is 6.58. The van der Waals surface area contributed by atoms with Crippen LogP contribution in [-0.2, 0) is 6.54 Å². The van der Waals surface area contributed by atoms with Gasteiger partial charge in [0.15, 0.2) is 0 Å². The Kier molecular flexibility index (Phi) is 4.58. The van der Waals surface area contributed by atoms with Gasteiger partial charge in [0.2, 0.25) is 0 Å². The molecule has 0 amide bonds. The average Bonchev–Trinajstić information content (AvgIpc) is 2.47. The van der Waals surface area contributed by atoms with Crippen LogP contribution in [0, 0.1) is 0 Å². The third kappa shape index (κ3) is 3.08. The van der Waals surface area contributed by atoms with Crippen molar-refractivity contribution in [2.24, 2.45) is 0 Å². The Labute approximate surface area is 119 Å².